The molecule has 1 aromatic carbocycles. The van der Waals surface area contributed by atoms with E-state index < -0.39 is 5.82 Å². The van der Waals surface area contributed by atoms with Crippen molar-refractivity contribution in [2.24, 2.45) is 0 Å². The number of aromatic nitrogens is 3. The van der Waals surface area contributed by atoms with Gasteiger partial charge in [0.15, 0.2) is 11.6 Å². The first kappa shape index (κ1) is 12.6. The summed E-state index contributed by atoms with van der Waals surface area (Å²) in [5, 5.41) is 7.18. The summed E-state index contributed by atoms with van der Waals surface area (Å²) in [6.07, 6.45) is 6.01. The van der Waals surface area contributed by atoms with Crippen LogP contribution in [0, 0.1) is 5.82 Å². The van der Waals surface area contributed by atoms with Crippen LogP contribution in [0.15, 0.2) is 18.2 Å². The third kappa shape index (κ3) is 2.50. The number of H-pyrrole nitrogens is 1. The molecule has 3 nitrogen and oxygen atoms in total. The lowest BCUT2D eigenvalue weighted by atomic mass is 9.89. The Morgan fingerprint density at radius 2 is 2.00 bits per heavy atom. The molecule has 1 aromatic heterocycles. The van der Waals surface area contributed by atoms with Crippen LogP contribution in [0.25, 0.3) is 11.4 Å². The highest BCUT2D eigenvalue weighted by atomic mass is 35.5. The molecule has 100 valence electrons. The molecule has 0 radical (unpaired) electrons. The molecule has 1 saturated carbocycles. The van der Waals surface area contributed by atoms with Crippen LogP contribution < -0.4 is 0 Å². The van der Waals surface area contributed by atoms with Crippen molar-refractivity contribution in [2.45, 2.75) is 38.0 Å². The van der Waals surface area contributed by atoms with Crippen LogP contribution in [-0.2, 0) is 0 Å². The van der Waals surface area contributed by atoms with E-state index in [1.807, 2.05) is 0 Å². The molecule has 0 saturated heterocycles. The zero-order valence-corrected chi connectivity index (χ0v) is 11.3. The van der Waals surface area contributed by atoms with Gasteiger partial charge in [-0.25, -0.2) is 9.37 Å². The molecule has 1 fully saturated rings. The molecule has 19 heavy (non-hydrogen) atoms. The zero-order valence-electron chi connectivity index (χ0n) is 10.5. The lowest BCUT2D eigenvalue weighted by Gasteiger charge is -2.18. The smallest absolute Gasteiger partial charge is 0.184 e. The van der Waals surface area contributed by atoms with E-state index in [1.54, 1.807) is 12.1 Å². The first-order chi connectivity index (χ1) is 9.25. The van der Waals surface area contributed by atoms with Crippen molar-refractivity contribution >= 4 is 11.6 Å². The quantitative estimate of drug-likeness (QED) is 0.890. The lowest BCUT2D eigenvalue weighted by Crippen LogP contribution is -2.06. The van der Waals surface area contributed by atoms with Gasteiger partial charge >= 0.3 is 0 Å². The molecule has 0 spiro atoms. The Balaban J connectivity index is 1.90. The molecule has 5 heteroatoms. The molecule has 1 aliphatic rings. The zero-order chi connectivity index (χ0) is 13.2. The van der Waals surface area contributed by atoms with Gasteiger partial charge in [-0.15, -0.1) is 0 Å². The summed E-state index contributed by atoms with van der Waals surface area (Å²) in [5.74, 6) is 1.23. The highest BCUT2D eigenvalue weighted by molar-refractivity contribution is 6.31. The minimum atomic E-state index is -0.460. The number of halogens is 2. The van der Waals surface area contributed by atoms with Gasteiger partial charge in [-0.3, -0.25) is 5.10 Å². The van der Waals surface area contributed by atoms with E-state index in [4.69, 9.17) is 11.6 Å². The summed E-state index contributed by atoms with van der Waals surface area (Å²) in [6, 6.07) is 4.88. The molecule has 2 aromatic rings. The number of nitrogens with zero attached hydrogens (tertiary/aromatic N) is 2. The molecular formula is C14H15ClFN3. The van der Waals surface area contributed by atoms with E-state index in [0.717, 1.165) is 18.7 Å². The Hall–Kier alpha value is -1.42. The molecule has 0 unspecified atom stereocenters. The van der Waals surface area contributed by atoms with Gasteiger partial charge in [0.05, 0.1) is 10.6 Å². The molecule has 0 aliphatic heterocycles. The fourth-order valence-corrected chi connectivity index (χ4v) is 2.80. The number of nitrogens with one attached hydrogen (secondary N) is 1. The van der Waals surface area contributed by atoms with E-state index >= 15 is 0 Å². The number of hydrogen-bond acceptors (Lipinski definition) is 2. The Kier molecular flexibility index (Phi) is 3.51. The summed E-state index contributed by atoms with van der Waals surface area (Å²) in [5.41, 5.74) is 0.353. The third-order valence-corrected chi connectivity index (χ3v) is 3.98. The Labute approximate surface area is 116 Å². The van der Waals surface area contributed by atoms with E-state index in [9.17, 15) is 4.39 Å². The fourth-order valence-electron chi connectivity index (χ4n) is 2.63. The van der Waals surface area contributed by atoms with Crippen LogP contribution in [0.5, 0.6) is 0 Å². The molecule has 1 aliphatic carbocycles. The van der Waals surface area contributed by atoms with Crippen LogP contribution in [0.4, 0.5) is 4.39 Å². The number of rotatable bonds is 2. The van der Waals surface area contributed by atoms with Crippen molar-refractivity contribution in [1.29, 1.82) is 0 Å². The van der Waals surface area contributed by atoms with Crippen LogP contribution in [0.2, 0.25) is 5.02 Å². The molecule has 0 bridgehead atoms. The largest absolute Gasteiger partial charge is 0.262 e. The predicted molar refractivity (Wildman–Crippen MR) is 72.6 cm³/mol. The maximum atomic E-state index is 13.9. The average Bonchev–Trinajstić information content (AvgIpc) is 2.92. The van der Waals surface area contributed by atoms with Crippen molar-refractivity contribution in [1.82, 2.24) is 15.2 Å². The third-order valence-electron chi connectivity index (χ3n) is 3.69. The highest BCUT2D eigenvalue weighted by Crippen LogP contribution is 2.32. The van der Waals surface area contributed by atoms with Gasteiger partial charge in [0.1, 0.15) is 5.82 Å². The van der Waals surface area contributed by atoms with Crippen molar-refractivity contribution in [3.8, 4) is 11.4 Å². The maximum Gasteiger partial charge on any atom is 0.184 e. The van der Waals surface area contributed by atoms with Crippen LogP contribution in [-0.4, -0.2) is 15.2 Å². The second-order valence-corrected chi connectivity index (χ2v) is 5.39. The highest BCUT2D eigenvalue weighted by Gasteiger charge is 2.20. The van der Waals surface area contributed by atoms with Gasteiger partial charge in [-0.2, -0.15) is 5.10 Å². The first-order valence-electron chi connectivity index (χ1n) is 6.62. The van der Waals surface area contributed by atoms with Gasteiger partial charge in [-0.1, -0.05) is 36.9 Å². The van der Waals surface area contributed by atoms with E-state index in [1.165, 1.54) is 25.3 Å². The molecule has 0 amide bonds. The average molecular weight is 280 g/mol. The van der Waals surface area contributed by atoms with Crippen molar-refractivity contribution in [3.63, 3.8) is 0 Å². The number of aromatic amines is 1. The monoisotopic (exact) mass is 279 g/mol. The number of hydrogen-bond donors (Lipinski definition) is 1. The van der Waals surface area contributed by atoms with Gasteiger partial charge in [0, 0.05) is 5.92 Å². The lowest BCUT2D eigenvalue weighted by molar-refractivity contribution is 0.429. The maximum absolute atomic E-state index is 13.9. The fraction of sp³-hybridized carbons (Fsp3) is 0.429. The summed E-state index contributed by atoms with van der Waals surface area (Å²) < 4.78 is 13.9. The van der Waals surface area contributed by atoms with Crippen molar-refractivity contribution in [3.05, 3.63) is 34.9 Å². The standard InChI is InChI=1S/C14H15ClFN3/c15-11-8-4-7-10(12(11)16)14-17-13(18-19-14)9-5-2-1-3-6-9/h4,7-9H,1-3,5-6H2,(H,17,18,19). The van der Waals surface area contributed by atoms with Gasteiger partial charge in [0.25, 0.3) is 0 Å². The normalized spacial score (nSPS) is 16.7. The van der Waals surface area contributed by atoms with Gasteiger partial charge in [-0.05, 0) is 25.0 Å². The Morgan fingerprint density at radius 1 is 1.21 bits per heavy atom. The molecule has 0 atom stereocenters. The molecule has 1 heterocycles. The van der Waals surface area contributed by atoms with Gasteiger partial charge in [0.2, 0.25) is 0 Å². The summed E-state index contributed by atoms with van der Waals surface area (Å²) in [6.45, 7) is 0. The summed E-state index contributed by atoms with van der Waals surface area (Å²) in [4.78, 5) is 4.44. The predicted octanol–water partition coefficient (Wildman–Crippen LogP) is 4.31. The van der Waals surface area contributed by atoms with E-state index in [-0.39, 0.29) is 5.02 Å². The SMILES string of the molecule is Fc1c(Cl)cccc1-c1n[nH]c(C2CCCCC2)n1. The number of benzene rings is 1. The topological polar surface area (TPSA) is 41.6 Å². The van der Waals surface area contributed by atoms with Crippen LogP contribution in [0.3, 0.4) is 0 Å². The Bertz CT molecular complexity index is 576. The van der Waals surface area contributed by atoms with Crippen LogP contribution >= 0.6 is 11.6 Å². The molecule has 1 N–H and O–H groups in total. The Morgan fingerprint density at radius 3 is 2.79 bits per heavy atom. The van der Waals surface area contributed by atoms with Crippen molar-refractivity contribution in [2.75, 3.05) is 0 Å². The molecular weight excluding hydrogens is 265 g/mol. The molecule has 3 rings (SSSR count). The minimum Gasteiger partial charge on any atom is -0.262 e. The van der Waals surface area contributed by atoms with Crippen molar-refractivity contribution < 1.29 is 4.39 Å². The summed E-state index contributed by atoms with van der Waals surface area (Å²) >= 11 is 5.78. The van der Waals surface area contributed by atoms with E-state index in [2.05, 4.69) is 15.2 Å². The minimum absolute atomic E-state index is 0.0986. The first-order valence-corrected chi connectivity index (χ1v) is 7.00. The second-order valence-electron chi connectivity index (χ2n) is 4.98. The summed E-state index contributed by atoms with van der Waals surface area (Å²) in [7, 11) is 0. The second kappa shape index (κ2) is 5.29. The van der Waals surface area contributed by atoms with E-state index in [0.29, 0.717) is 17.3 Å². The van der Waals surface area contributed by atoms with Gasteiger partial charge < -0.3 is 0 Å². The van der Waals surface area contributed by atoms with Crippen LogP contribution in [0.1, 0.15) is 43.8 Å².